The fourth-order valence-corrected chi connectivity index (χ4v) is 3.18. The summed E-state index contributed by atoms with van der Waals surface area (Å²) in [5, 5.41) is 5.35. The van der Waals surface area contributed by atoms with Crippen LogP contribution in [0.25, 0.3) is 0 Å². The van der Waals surface area contributed by atoms with Crippen molar-refractivity contribution in [2.45, 2.75) is 6.92 Å². The minimum absolute atomic E-state index is 0.0995. The van der Waals surface area contributed by atoms with E-state index < -0.39 is 0 Å². The minimum atomic E-state index is -0.342. The van der Waals surface area contributed by atoms with Gasteiger partial charge in [0, 0.05) is 37.6 Å². The fourth-order valence-electron chi connectivity index (χ4n) is 3.18. The predicted octanol–water partition coefficient (Wildman–Crippen LogP) is 1.96. The van der Waals surface area contributed by atoms with E-state index in [-0.39, 0.29) is 25.0 Å². The van der Waals surface area contributed by atoms with Crippen molar-refractivity contribution < 1.29 is 14.3 Å². The number of likely N-dealkylation sites (N-methyl/N-ethyl adjacent to an activating group) is 1. The number of hydrogen-bond donors (Lipinski definition) is 2. The first-order valence-electron chi connectivity index (χ1n) is 9.96. The van der Waals surface area contributed by atoms with Crippen molar-refractivity contribution >= 4 is 23.2 Å². The molecular formula is C22H28N4O3. The third kappa shape index (κ3) is 6.50. The van der Waals surface area contributed by atoms with Gasteiger partial charge in [-0.25, -0.2) is 0 Å². The second kappa shape index (κ2) is 10.5. The summed E-state index contributed by atoms with van der Waals surface area (Å²) < 4.78 is 5.35. The zero-order valence-corrected chi connectivity index (χ0v) is 16.8. The summed E-state index contributed by atoms with van der Waals surface area (Å²) in [6.07, 6.45) is 0. The Bertz CT molecular complexity index is 787. The summed E-state index contributed by atoms with van der Waals surface area (Å²) in [4.78, 5) is 28.7. The Hall–Kier alpha value is -3.06. The van der Waals surface area contributed by atoms with Crippen LogP contribution in [0, 0.1) is 0 Å². The molecule has 7 heteroatoms. The van der Waals surface area contributed by atoms with Crippen molar-refractivity contribution in [3.63, 3.8) is 0 Å². The molecular weight excluding hydrogens is 368 g/mol. The summed E-state index contributed by atoms with van der Waals surface area (Å²) in [7, 11) is 0. The van der Waals surface area contributed by atoms with E-state index >= 15 is 0 Å². The van der Waals surface area contributed by atoms with Crippen molar-refractivity contribution in [2.24, 2.45) is 0 Å². The first kappa shape index (κ1) is 20.7. The molecule has 1 fully saturated rings. The molecule has 0 saturated carbocycles. The molecule has 0 radical (unpaired) electrons. The van der Waals surface area contributed by atoms with Crippen LogP contribution in [0.5, 0.6) is 5.75 Å². The largest absolute Gasteiger partial charge is 0.484 e. The highest BCUT2D eigenvalue weighted by atomic mass is 16.5. The zero-order valence-electron chi connectivity index (χ0n) is 16.8. The van der Waals surface area contributed by atoms with Gasteiger partial charge in [0.05, 0.1) is 6.54 Å². The van der Waals surface area contributed by atoms with Crippen LogP contribution in [0.3, 0.4) is 0 Å². The molecule has 2 N–H and O–H groups in total. The Balaban J connectivity index is 1.38. The molecule has 0 atom stereocenters. The smallest absolute Gasteiger partial charge is 0.258 e. The quantitative estimate of drug-likeness (QED) is 0.714. The summed E-state index contributed by atoms with van der Waals surface area (Å²) in [5.74, 6) is -0.00348. The summed E-state index contributed by atoms with van der Waals surface area (Å²) in [6.45, 7) is 7.22. The van der Waals surface area contributed by atoms with Crippen LogP contribution in [-0.2, 0) is 9.59 Å². The lowest BCUT2D eigenvalue weighted by atomic mass is 10.2. The van der Waals surface area contributed by atoms with E-state index in [1.54, 1.807) is 12.1 Å². The number of benzene rings is 2. The van der Waals surface area contributed by atoms with Crippen molar-refractivity contribution in [1.29, 1.82) is 0 Å². The van der Waals surface area contributed by atoms with E-state index in [0.29, 0.717) is 11.4 Å². The topological polar surface area (TPSA) is 73.9 Å². The van der Waals surface area contributed by atoms with Crippen LogP contribution in [0.15, 0.2) is 54.6 Å². The molecule has 1 heterocycles. The van der Waals surface area contributed by atoms with Crippen LogP contribution < -0.4 is 20.3 Å². The minimum Gasteiger partial charge on any atom is -0.484 e. The average molecular weight is 396 g/mol. The standard InChI is InChI=1S/C22H28N4O3/c1-2-25-12-14-26(15-13-25)19-10-8-18(9-11-19)24-21(27)16-23-22(28)17-29-20-6-4-3-5-7-20/h3-11H,2,12-17H2,1H3,(H,23,28)(H,24,27). The molecule has 2 aromatic rings. The van der Waals surface area contributed by atoms with E-state index in [9.17, 15) is 9.59 Å². The molecule has 1 aliphatic rings. The summed E-state index contributed by atoms with van der Waals surface area (Å²) in [5.41, 5.74) is 1.87. The van der Waals surface area contributed by atoms with E-state index in [1.165, 1.54) is 0 Å². The average Bonchev–Trinajstić information content (AvgIpc) is 2.77. The molecule has 0 spiro atoms. The van der Waals surface area contributed by atoms with Gasteiger partial charge in [-0.05, 0) is 42.9 Å². The molecule has 0 aromatic heterocycles. The molecule has 1 saturated heterocycles. The number of piperazine rings is 1. The number of hydrogen-bond acceptors (Lipinski definition) is 5. The van der Waals surface area contributed by atoms with Gasteiger partial charge < -0.3 is 25.2 Å². The second-order valence-corrected chi connectivity index (χ2v) is 6.89. The third-order valence-electron chi connectivity index (χ3n) is 4.89. The Morgan fingerprint density at radius 1 is 0.931 bits per heavy atom. The van der Waals surface area contributed by atoms with Crippen molar-refractivity contribution in [3.8, 4) is 5.75 Å². The number of rotatable bonds is 8. The van der Waals surface area contributed by atoms with E-state index in [0.717, 1.165) is 38.4 Å². The number of nitrogens with zero attached hydrogens (tertiary/aromatic N) is 2. The van der Waals surface area contributed by atoms with Crippen molar-refractivity contribution in [3.05, 3.63) is 54.6 Å². The normalized spacial score (nSPS) is 14.3. The number of anilines is 2. The summed E-state index contributed by atoms with van der Waals surface area (Å²) in [6, 6.07) is 16.9. The van der Waals surface area contributed by atoms with Gasteiger partial charge in [0.1, 0.15) is 5.75 Å². The van der Waals surface area contributed by atoms with Gasteiger partial charge >= 0.3 is 0 Å². The van der Waals surface area contributed by atoms with Gasteiger partial charge in [0.25, 0.3) is 5.91 Å². The molecule has 154 valence electrons. The molecule has 7 nitrogen and oxygen atoms in total. The number of carbonyl (C=O) groups is 2. The number of amides is 2. The number of para-hydroxylation sites is 1. The first-order valence-corrected chi connectivity index (χ1v) is 9.96. The maximum atomic E-state index is 12.1. The monoisotopic (exact) mass is 396 g/mol. The van der Waals surface area contributed by atoms with Gasteiger partial charge in [-0.1, -0.05) is 25.1 Å². The van der Waals surface area contributed by atoms with E-state index in [2.05, 4.69) is 27.4 Å². The van der Waals surface area contributed by atoms with Gasteiger partial charge in [-0.2, -0.15) is 0 Å². The highest BCUT2D eigenvalue weighted by molar-refractivity contribution is 5.94. The molecule has 29 heavy (non-hydrogen) atoms. The van der Waals surface area contributed by atoms with Crippen LogP contribution >= 0.6 is 0 Å². The van der Waals surface area contributed by atoms with Crippen LogP contribution in [-0.4, -0.2) is 62.6 Å². The summed E-state index contributed by atoms with van der Waals surface area (Å²) >= 11 is 0. The Morgan fingerprint density at radius 3 is 2.28 bits per heavy atom. The maximum Gasteiger partial charge on any atom is 0.258 e. The molecule has 0 aliphatic carbocycles. The van der Waals surface area contributed by atoms with Crippen molar-refractivity contribution in [2.75, 3.05) is 56.1 Å². The third-order valence-corrected chi connectivity index (χ3v) is 4.89. The first-order chi connectivity index (χ1) is 14.1. The van der Waals surface area contributed by atoms with E-state index in [1.807, 2.05) is 42.5 Å². The Labute approximate surface area is 171 Å². The molecule has 0 unspecified atom stereocenters. The lowest BCUT2D eigenvalue weighted by Gasteiger charge is -2.35. The Kier molecular flexibility index (Phi) is 7.47. The van der Waals surface area contributed by atoms with Crippen LogP contribution in [0.1, 0.15) is 6.92 Å². The number of carbonyl (C=O) groups excluding carboxylic acids is 2. The number of nitrogens with one attached hydrogen (secondary N) is 2. The molecule has 1 aliphatic heterocycles. The maximum absolute atomic E-state index is 12.1. The van der Waals surface area contributed by atoms with E-state index in [4.69, 9.17) is 4.74 Å². The van der Waals surface area contributed by atoms with Crippen LogP contribution in [0.4, 0.5) is 11.4 Å². The fraction of sp³-hybridized carbons (Fsp3) is 0.364. The highest BCUT2D eigenvalue weighted by Gasteiger charge is 2.15. The predicted molar refractivity (Wildman–Crippen MR) is 114 cm³/mol. The number of ether oxygens (including phenoxy) is 1. The molecule has 3 rings (SSSR count). The molecule has 0 bridgehead atoms. The Morgan fingerprint density at radius 2 is 1.62 bits per heavy atom. The van der Waals surface area contributed by atoms with Crippen LogP contribution in [0.2, 0.25) is 0 Å². The molecule has 2 amide bonds. The highest BCUT2D eigenvalue weighted by Crippen LogP contribution is 2.19. The lowest BCUT2D eigenvalue weighted by Crippen LogP contribution is -2.46. The van der Waals surface area contributed by atoms with Gasteiger partial charge in [-0.15, -0.1) is 0 Å². The zero-order chi connectivity index (χ0) is 20.5. The lowest BCUT2D eigenvalue weighted by molar-refractivity contribution is -0.125. The van der Waals surface area contributed by atoms with Gasteiger partial charge in [-0.3, -0.25) is 9.59 Å². The van der Waals surface area contributed by atoms with Gasteiger partial charge in [0.15, 0.2) is 6.61 Å². The van der Waals surface area contributed by atoms with Gasteiger partial charge in [0.2, 0.25) is 5.91 Å². The molecule has 2 aromatic carbocycles. The second-order valence-electron chi connectivity index (χ2n) is 6.89. The van der Waals surface area contributed by atoms with Crippen molar-refractivity contribution in [1.82, 2.24) is 10.2 Å². The SMILES string of the molecule is CCN1CCN(c2ccc(NC(=O)CNC(=O)COc3ccccc3)cc2)CC1.